The van der Waals surface area contributed by atoms with E-state index in [0.29, 0.717) is 16.4 Å². The molecule has 1 heterocycles. The van der Waals surface area contributed by atoms with Gasteiger partial charge < -0.3 is 0 Å². The molecule has 0 fully saturated rings. The zero-order valence-corrected chi connectivity index (χ0v) is 13.6. The van der Waals surface area contributed by atoms with Crippen LogP contribution in [0.25, 0.3) is 5.69 Å². The largest absolute Gasteiger partial charge is 0.298 e. The minimum Gasteiger partial charge on any atom is -0.298 e. The first-order valence-corrected chi connectivity index (χ1v) is 7.71. The van der Waals surface area contributed by atoms with E-state index in [1.807, 2.05) is 0 Å². The highest BCUT2D eigenvalue weighted by atomic mass is 35.5. The van der Waals surface area contributed by atoms with Gasteiger partial charge in [-0.05, 0) is 48.5 Å². The summed E-state index contributed by atoms with van der Waals surface area (Å²) in [6.45, 7) is 0. The summed E-state index contributed by atoms with van der Waals surface area (Å²) in [5.74, 6) is -0.814. The molecule has 126 valence electrons. The fraction of sp³-hybridized carbons (Fsp3) is 0. The maximum absolute atomic E-state index is 12.9. The second kappa shape index (κ2) is 7.19. The number of pyridine rings is 1. The van der Waals surface area contributed by atoms with E-state index in [-0.39, 0.29) is 16.9 Å². The van der Waals surface area contributed by atoms with Crippen LogP contribution in [0.4, 0.5) is 10.1 Å². The summed E-state index contributed by atoms with van der Waals surface area (Å²) in [7, 11) is 0. The van der Waals surface area contributed by atoms with Crippen molar-refractivity contribution in [3.8, 4) is 5.69 Å². The summed E-state index contributed by atoms with van der Waals surface area (Å²) in [5.41, 5.74) is 6.24. The molecule has 3 aromatic rings. The van der Waals surface area contributed by atoms with Gasteiger partial charge in [-0.3, -0.25) is 25.0 Å². The molecule has 5 nitrogen and oxygen atoms in total. The van der Waals surface area contributed by atoms with Gasteiger partial charge in [-0.1, -0.05) is 17.7 Å². The Labute approximate surface area is 147 Å². The highest BCUT2D eigenvalue weighted by Gasteiger charge is 2.09. The Balaban J connectivity index is 1.80. The van der Waals surface area contributed by atoms with Crippen LogP contribution in [0.5, 0.6) is 0 Å². The van der Waals surface area contributed by atoms with Gasteiger partial charge in [-0.15, -0.1) is 0 Å². The van der Waals surface area contributed by atoms with Crippen molar-refractivity contribution in [2.75, 3.05) is 5.43 Å². The van der Waals surface area contributed by atoms with E-state index in [2.05, 4.69) is 10.9 Å². The van der Waals surface area contributed by atoms with Crippen molar-refractivity contribution in [1.29, 1.82) is 0 Å². The molecule has 0 unspecified atom stereocenters. The van der Waals surface area contributed by atoms with Crippen LogP contribution in [0.2, 0.25) is 5.02 Å². The van der Waals surface area contributed by atoms with E-state index in [0.717, 1.165) is 0 Å². The molecule has 0 aliphatic rings. The second-order valence-corrected chi connectivity index (χ2v) is 5.63. The summed E-state index contributed by atoms with van der Waals surface area (Å²) in [5, 5.41) is 0.484. The first-order valence-electron chi connectivity index (χ1n) is 7.33. The fourth-order valence-corrected chi connectivity index (χ4v) is 2.37. The second-order valence-electron chi connectivity index (χ2n) is 5.19. The summed E-state index contributed by atoms with van der Waals surface area (Å²) < 4.78 is 14.2. The Hall–Kier alpha value is -3.12. The van der Waals surface area contributed by atoms with Gasteiger partial charge in [0.05, 0.1) is 16.9 Å². The molecule has 3 rings (SSSR count). The normalized spacial score (nSPS) is 10.3. The number of anilines is 1. The molecule has 0 bridgehead atoms. The van der Waals surface area contributed by atoms with E-state index in [4.69, 9.17) is 11.6 Å². The quantitative estimate of drug-likeness (QED) is 0.703. The molecule has 0 aliphatic carbocycles. The van der Waals surface area contributed by atoms with Crippen LogP contribution in [0.3, 0.4) is 0 Å². The predicted octanol–water partition coefficient (Wildman–Crippen LogP) is 3.39. The van der Waals surface area contributed by atoms with Gasteiger partial charge in [-0.2, -0.15) is 0 Å². The van der Waals surface area contributed by atoms with E-state index in [1.54, 1.807) is 24.3 Å². The molecule has 0 saturated carbocycles. The third-order valence-electron chi connectivity index (χ3n) is 3.42. The topological polar surface area (TPSA) is 63.1 Å². The SMILES string of the molecule is O=C(NNc1ccc(F)cc1)c1ccc(=O)n(-c2cccc(Cl)c2)c1. The number of aromatic nitrogens is 1. The highest BCUT2D eigenvalue weighted by molar-refractivity contribution is 6.30. The average Bonchev–Trinajstić information content (AvgIpc) is 2.61. The molecule has 2 N–H and O–H groups in total. The lowest BCUT2D eigenvalue weighted by molar-refractivity contribution is 0.0962. The maximum Gasteiger partial charge on any atom is 0.271 e. The molecule has 2 aromatic carbocycles. The molecule has 0 radical (unpaired) electrons. The van der Waals surface area contributed by atoms with Gasteiger partial charge in [0.25, 0.3) is 11.5 Å². The van der Waals surface area contributed by atoms with Gasteiger partial charge in [0.15, 0.2) is 0 Å². The molecular formula is C18H13ClFN3O2. The van der Waals surface area contributed by atoms with E-state index >= 15 is 0 Å². The van der Waals surface area contributed by atoms with Crippen molar-refractivity contribution >= 4 is 23.2 Å². The van der Waals surface area contributed by atoms with Crippen LogP contribution in [0, 0.1) is 5.82 Å². The molecule has 0 atom stereocenters. The number of carbonyl (C=O) groups excluding carboxylic acids is 1. The number of hydrogen-bond donors (Lipinski definition) is 2. The standard InChI is InChI=1S/C18H13ClFN3O2/c19-13-2-1-3-16(10-13)23-11-12(4-9-17(23)24)18(25)22-21-15-7-5-14(20)6-8-15/h1-11,21H,(H,22,25). The number of carbonyl (C=O) groups is 1. The smallest absolute Gasteiger partial charge is 0.271 e. The van der Waals surface area contributed by atoms with Gasteiger partial charge >= 0.3 is 0 Å². The van der Waals surface area contributed by atoms with E-state index < -0.39 is 5.91 Å². The Bertz CT molecular complexity index is 971. The van der Waals surface area contributed by atoms with Crippen LogP contribution in [-0.2, 0) is 0 Å². The Kier molecular flexibility index (Phi) is 4.81. The maximum atomic E-state index is 12.9. The number of amides is 1. The van der Waals surface area contributed by atoms with Gasteiger partial charge in [0, 0.05) is 17.3 Å². The lowest BCUT2D eigenvalue weighted by Crippen LogP contribution is -2.30. The molecule has 0 saturated heterocycles. The Morgan fingerprint density at radius 3 is 2.52 bits per heavy atom. The van der Waals surface area contributed by atoms with Crippen molar-refractivity contribution in [2.45, 2.75) is 0 Å². The summed E-state index contributed by atoms with van der Waals surface area (Å²) in [6, 6.07) is 15.0. The van der Waals surface area contributed by atoms with Crippen LogP contribution in [0.15, 0.2) is 71.7 Å². The van der Waals surface area contributed by atoms with Gasteiger partial charge in [-0.25, -0.2) is 4.39 Å². The molecular weight excluding hydrogens is 345 g/mol. The van der Waals surface area contributed by atoms with E-state index in [9.17, 15) is 14.0 Å². The third-order valence-corrected chi connectivity index (χ3v) is 3.66. The number of nitrogens with zero attached hydrogens (tertiary/aromatic N) is 1. The van der Waals surface area contributed by atoms with Gasteiger partial charge in [0.2, 0.25) is 0 Å². The van der Waals surface area contributed by atoms with Crippen molar-refractivity contribution < 1.29 is 9.18 Å². The summed E-state index contributed by atoms with van der Waals surface area (Å²) in [6.07, 6.45) is 1.43. The minimum atomic E-state index is -0.444. The lowest BCUT2D eigenvalue weighted by Gasteiger charge is -2.11. The molecule has 0 spiro atoms. The molecule has 7 heteroatoms. The van der Waals surface area contributed by atoms with Crippen molar-refractivity contribution in [3.63, 3.8) is 0 Å². The van der Waals surface area contributed by atoms with Gasteiger partial charge in [0.1, 0.15) is 5.82 Å². The third kappa shape index (κ3) is 4.05. The summed E-state index contributed by atoms with van der Waals surface area (Å²) in [4.78, 5) is 24.3. The van der Waals surface area contributed by atoms with Crippen LogP contribution in [0.1, 0.15) is 10.4 Å². The first kappa shape index (κ1) is 16.7. The van der Waals surface area contributed by atoms with Crippen molar-refractivity contribution in [1.82, 2.24) is 9.99 Å². The van der Waals surface area contributed by atoms with Crippen LogP contribution >= 0.6 is 11.6 Å². The molecule has 25 heavy (non-hydrogen) atoms. The van der Waals surface area contributed by atoms with Crippen LogP contribution < -0.4 is 16.4 Å². The summed E-state index contributed by atoms with van der Waals surface area (Å²) >= 11 is 5.95. The zero-order chi connectivity index (χ0) is 17.8. The van der Waals surface area contributed by atoms with Crippen LogP contribution in [-0.4, -0.2) is 10.5 Å². The predicted molar refractivity (Wildman–Crippen MR) is 94.5 cm³/mol. The Morgan fingerprint density at radius 1 is 1.04 bits per heavy atom. The average molecular weight is 358 g/mol. The number of hydrogen-bond acceptors (Lipinski definition) is 3. The van der Waals surface area contributed by atoms with Crippen molar-refractivity contribution in [3.05, 3.63) is 93.6 Å². The lowest BCUT2D eigenvalue weighted by atomic mass is 10.2. The monoisotopic (exact) mass is 357 g/mol. The minimum absolute atomic E-state index is 0.272. The molecule has 1 aromatic heterocycles. The first-order chi connectivity index (χ1) is 12.0. The number of halogens is 2. The van der Waals surface area contributed by atoms with Crippen molar-refractivity contribution in [2.24, 2.45) is 0 Å². The Morgan fingerprint density at radius 2 is 1.80 bits per heavy atom. The number of rotatable bonds is 4. The zero-order valence-electron chi connectivity index (χ0n) is 12.9. The number of benzene rings is 2. The highest BCUT2D eigenvalue weighted by Crippen LogP contribution is 2.14. The number of nitrogens with one attached hydrogen (secondary N) is 2. The molecule has 0 aliphatic heterocycles. The molecule has 1 amide bonds. The number of hydrazine groups is 1. The fourth-order valence-electron chi connectivity index (χ4n) is 2.18. The van der Waals surface area contributed by atoms with E-state index in [1.165, 1.54) is 47.2 Å².